The molecule has 0 unspecified atom stereocenters. The topological polar surface area (TPSA) is 67.4 Å². The van der Waals surface area contributed by atoms with Gasteiger partial charge in [-0.25, -0.2) is 0 Å². The Bertz CT molecular complexity index is 922. The van der Waals surface area contributed by atoms with Crippen LogP contribution < -0.4 is 15.4 Å². The highest BCUT2D eigenvalue weighted by molar-refractivity contribution is 7.10. The van der Waals surface area contributed by atoms with Crippen LogP contribution in [0.4, 0.5) is 11.4 Å². The van der Waals surface area contributed by atoms with Crippen LogP contribution in [-0.2, 0) is 9.59 Å². The molecule has 0 radical (unpaired) electrons. The van der Waals surface area contributed by atoms with E-state index in [9.17, 15) is 9.59 Å². The van der Waals surface area contributed by atoms with Crippen molar-refractivity contribution >= 4 is 40.6 Å². The van der Waals surface area contributed by atoms with Gasteiger partial charge >= 0.3 is 0 Å². The van der Waals surface area contributed by atoms with E-state index in [0.29, 0.717) is 17.1 Å². The molecular weight excluding hydrogens is 360 g/mol. The van der Waals surface area contributed by atoms with Crippen molar-refractivity contribution in [3.8, 4) is 5.75 Å². The lowest BCUT2D eigenvalue weighted by Crippen LogP contribution is -2.20. The fourth-order valence-corrected chi connectivity index (χ4v) is 2.88. The summed E-state index contributed by atoms with van der Waals surface area (Å²) in [6, 6.07) is 19.9. The van der Waals surface area contributed by atoms with E-state index in [-0.39, 0.29) is 18.4 Å². The molecule has 6 heteroatoms. The molecule has 1 heterocycles. The highest BCUT2D eigenvalue weighted by Gasteiger charge is 2.05. The van der Waals surface area contributed by atoms with Gasteiger partial charge in [-0.15, -0.1) is 11.3 Å². The van der Waals surface area contributed by atoms with Crippen LogP contribution in [-0.4, -0.2) is 18.4 Å². The molecule has 3 rings (SSSR count). The van der Waals surface area contributed by atoms with E-state index in [2.05, 4.69) is 10.6 Å². The molecular formula is C21H18N2O3S. The predicted octanol–water partition coefficient (Wildman–Crippen LogP) is 4.42. The standard InChI is InChI=1S/C21H18N2O3S/c24-20(12-11-19-10-5-13-27-19)22-16-6-4-7-17(14-16)23-21(25)15-26-18-8-2-1-3-9-18/h1-14H,15H2,(H,22,24)(H,23,25)/b12-11+. The Kier molecular flexibility index (Phi) is 6.38. The second kappa shape index (κ2) is 9.35. The van der Waals surface area contributed by atoms with Crippen molar-refractivity contribution < 1.29 is 14.3 Å². The average Bonchev–Trinajstić information content (AvgIpc) is 3.20. The van der Waals surface area contributed by atoms with Crippen molar-refractivity contribution in [2.45, 2.75) is 0 Å². The van der Waals surface area contributed by atoms with E-state index in [4.69, 9.17) is 4.74 Å². The molecule has 0 saturated heterocycles. The molecule has 0 spiro atoms. The summed E-state index contributed by atoms with van der Waals surface area (Å²) in [5.41, 5.74) is 1.18. The van der Waals surface area contributed by atoms with Crippen molar-refractivity contribution in [2.24, 2.45) is 0 Å². The molecule has 0 atom stereocenters. The number of anilines is 2. The summed E-state index contributed by atoms with van der Waals surface area (Å²) >= 11 is 1.56. The number of nitrogens with one attached hydrogen (secondary N) is 2. The maximum absolute atomic E-state index is 12.0. The Balaban J connectivity index is 1.52. The fourth-order valence-electron chi connectivity index (χ4n) is 2.27. The molecule has 0 saturated carbocycles. The van der Waals surface area contributed by atoms with Crippen molar-refractivity contribution in [1.29, 1.82) is 0 Å². The van der Waals surface area contributed by atoms with Crippen molar-refractivity contribution in [3.05, 3.63) is 83.1 Å². The van der Waals surface area contributed by atoms with Gasteiger partial charge in [0, 0.05) is 22.3 Å². The van der Waals surface area contributed by atoms with Gasteiger partial charge < -0.3 is 15.4 Å². The molecule has 2 amide bonds. The van der Waals surface area contributed by atoms with E-state index >= 15 is 0 Å². The second-order valence-electron chi connectivity index (χ2n) is 5.57. The molecule has 1 aromatic heterocycles. The minimum absolute atomic E-state index is 0.0931. The maximum Gasteiger partial charge on any atom is 0.262 e. The number of amides is 2. The molecule has 0 bridgehead atoms. The van der Waals surface area contributed by atoms with Crippen LogP contribution >= 0.6 is 11.3 Å². The number of carbonyl (C=O) groups excluding carboxylic acids is 2. The van der Waals surface area contributed by atoms with Gasteiger partial charge in [-0.3, -0.25) is 9.59 Å². The summed E-state index contributed by atoms with van der Waals surface area (Å²) in [7, 11) is 0. The third kappa shape index (κ3) is 6.13. The van der Waals surface area contributed by atoms with E-state index in [1.54, 1.807) is 53.8 Å². The molecule has 0 fully saturated rings. The number of para-hydroxylation sites is 1. The van der Waals surface area contributed by atoms with Gasteiger partial charge in [0.15, 0.2) is 6.61 Å². The Morgan fingerprint density at radius 1 is 0.926 bits per heavy atom. The van der Waals surface area contributed by atoms with Crippen molar-refractivity contribution in [3.63, 3.8) is 0 Å². The van der Waals surface area contributed by atoms with E-state index in [1.807, 2.05) is 35.7 Å². The second-order valence-corrected chi connectivity index (χ2v) is 6.55. The number of hydrogen-bond donors (Lipinski definition) is 2. The summed E-state index contributed by atoms with van der Waals surface area (Å²) in [5, 5.41) is 7.47. The number of hydrogen-bond acceptors (Lipinski definition) is 4. The Morgan fingerprint density at radius 2 is 1.70 bits per heavy atom. The molecule has 0 aliphatic carbocycles. The zero-order valence-corrected chi connectivity index (χ0v) is 15.2. The van der Waals surface area contributed by atoms with Crippen LogP contribution in [0.15, 0.2) is 78.2 Å². The minimum atomic E-state index is -0.278. The first kappa shape index (κ1) is 18.4. The lowest BCUT2D eigenvalue weighted by molar-refractivity contribution is -0.118. The molecule has 2 N–H and O–H groups in total. The lowest BCUT2D eigenvalue weighted by Gasteiger charge is -2.09. The predicted molar refractivity (Wildman–Crippen MR) is 109 cm³/mol. The number of ether oxygens (including phenoxy) is 1. The van der Waals surface area contributed by atoms with Gasteiger partial charge in [0.2, 0.25) is 5.91 Å². The number of carbonyl (C=O) groups is 2. The number of benzene rings is 2. The first-order valence-electron chi connectivity index (χ1n) is 8.29. The van der Waals surface area contributed by atoms with E-state index < -0.39 is 0 Å². The van der Waals surface area contributed by atoms with Gasteiger partial charge in [0.05, 0.1) is 0 Å². The van der Waals surface area contributed by atoms with Crippen molar-refractivity contribution in [1.82, 2.24) is 0 Å². The van der Waals surface area contributed by atoms with Crippen LogP contribution in [0.5, 0.6) is 5.75 Å². The maximum atomic E-state index is 12.0. The summed E-state index contributed by atoms with van der Waals surface area (Å²) < 4.78 is 5.41. The Hall–Kier alpha value is -3.38. The smallest absolute Gasteiger partial charge is 0.262 e. The summed E-state index contributed by atoms with van der Waals surface area (Å²) in [6.07, 6.45) is 3.23. The number of thiophene rings is 1. The van der Waals surface area contributed by atoms with Gasteiger partial charge in [-0.2, -0.15) is 0 Å². The zero-order chi connectivity index (χ0) is 18.9. The Labute approximate surface area is 161 Å². The zero-order valence-electron chi connectivity index (χ0n) is 14.4. The SMILES string of the molecule is O=C(/C=C/c1cccs1)Nc1cccc(NC(=O)COc2ccccc2)c1. The molecule has 27 heavy (non-hydrogen) atoms. The van der Waals surface area contributed by atoms with Crippen LogP contribution in [0.2, 0.25) is 0 Å². The summed E-state index contributed by atoms with van der Waals surface area (Å²) in [6.45, 7) is -0.0931. The summed E-state index contributed by atoms with van der Waals surface area (Å²) in [4.78, 5) is 25.0. The molecule has 3 aromatic rings. The van der Waals surface area contributed by atoms with Crippen LogP contribution in [0.25, 0.3) is 6.08 Å². The highest BCUT2D eigenvalue weighted by atomic mass is 32.1. The Morgan fingerprint density at radius 3 is 2.44 bits per heavy atom. The lowest BCUT2D eigenvalue weighted by atomic mass is 10.2. The van der Waals surface area contributed by atoms with Crippen LogP contribution in [0, 0.1) is 0 Å². The molecule has 5 nitrogen and oxygen atoms in total. The van der Waals surface area contributed by atoms with Gasteiger partial charge in [0.1, 0.15) is 5.75 Å². The largest absolute Gasteiger partial charge is 0.484 e. The van der Waals surface area contributed by atoms with Gasteiger partial charge in [0.25, 0.3) is 5.91 Å². The third-order valence-corrected chi connectivity index (χ3v) is 4.31. The normalized spacial score (nSPS) is 10.5. The molecule has 0 aliphatic rings. The summed E-state index contributed by atoms with van der Waals surface area (Å²) in [5.74, 6) is 0.116. The molecule has 136 valence electrons. The molecule has 0 aliphatic heterocycles. The first-order valence-corrected chi connectivity index (χ1v) is 9.17. The van der Waals surface area contributed by atoms with Gasteiger partial charge in [-0.05, 0) is 47.9 Å². The third-order valence-electron chi connectivity index (χ3n) is 3.47. The van der Waals surface area contributed by atoms with E-state index in [1.165, 1.54) is 6.08 Å². The van der Waals surface area contributed by atoms with E-state index in [0.717, 1.165) is 4.88 Å². The monoisotopic (exact) mass is 378 g/mol. The first-order chi connectivity index (χ1) is 13.2. The highest BCUT2D eigenvalue weighted by Crippen LogP contribution is 2.16. The molecule has 2 aromatic carbocycles. The average molecular weight is 378 g/mol. The quantitative estimate of drug-likeness (QED) is 0.598. The minimum Gasteiger partial charge on any atom is -0.484 e. The number of rotatable bonds is 7. The van der Waals surface area contributed by atoms with Crippen LogP contribution in [0.1, 0.15) is 4.88 Å². The fraction of sp³-hybridized carbons (Fsp3) is 0.0476. The van der Waals surface area contributed by atoms with Crippen LogP contribution in [0.3, 0.4) is 0 Å². The van der Waals surface area contributed by atoms with Gasteiger partial charge in [-0.1, -0.05) is 30.3 Å². The van der Waals surface area contributed by atoms with Crippen molar-refractivity contribution in [2.75, 3.05) is 17.2 Å².